The van der Waals surface area contributed by atoms with E-state index in [4.69, 9.17) is 4.74 Å². The largest absolute Gasteiger partial charge is 0.512 e. The summed E-state index contributed by atoms with van der Waals surface area (Å²) >= 11 is 0. The number of aromatic nitrogens is 5. The lowest BCUT2D eigenvalue weighted by Gasteiger charge is -2.41. The molecule has 0 aromatic carbocycles. The normalized spacial score (nSPS) is 20.5. The summed E-state index contributed by atoms with van der Waals surface area (Å²) in [7, 11) is 0. The number of carbonyl (C=O) groups excluding carboxylic acids is 1. The van der Waals surface area contributed by atoms with Crippen molar-refractivity contribution in [2.24, 2.45) is 5.92 Å². The second-order valence-electron chi connectivity index (χ2n) is 11.1. The van der Waals surface area contributed by atoms with E-state index in [0.29, 0.717) is 36.6 Å². The van der Waals surface area contributed by atoms with Gasteiger partial charge in [0, 0.05) is 35.6 Å². The third-order valence-corrected chi connectivity index (χ3v) is 8.03. The number of fused-ring (bicyclic) bond motifs is 1. The molecule has 1 N–H and O–H groups in total. The van der Waals surface area contributed by atoms with Crippen LogP contribution < -0.4 is 0 Å². The molecule has 0 amide bonds. The molecule has 0 bridgehead atoms. The van der Waals surface area contributed by atoms with Gasteiger partial charge in [-0.3, -0.25) is 4.98 Å². The summed E-state index contributed by atoms with van der Waals surface area (Å²) < 4.78 is 47.0. The van der Waals surface area contributed by atoms with E-state index in [0.717, 1.165) is 42.6 Å². The van der Waals surface area contributed by atoms with E-state index >= 15 is 0 Å². The molecule has 1 saturated carbocycles. The number of cyclic esters (lactones) is 1. The van der Waals surface area contributed by atoms with Gasteiger partial charge in [-0.1, -0.05) is 19.8 Å². The molecule has 3 aromatic rings. The predicted molar refractivity (Wildman–Crippen MR) is 141 cm³/mol. The van der Waals surface area contributed by atoms with Gasteiger partial charge < -0.3 is 9.84 Å². The Morgan fingerprint density at radius 3 is 2.50 bits per heavy atom. The molecule has 0 radical (unpaired) electrons. The van der Waals surface area contributed by atoms with Gasteiger partial charge in [-0.2, -0.15) is 18.2 Å². The first kappa shape index (κ1) is 28.0. The van der Waals surface area contributed by atoms with Crippen LogP contribution in [0.1, 0.15) is 79.6 Å². The van der Waals surface area contributed by atoms with Crippen LogP contribution in [-0.4, -0.2) is 47.4 Å². The molecule has 3 aromatic heterocycles. The summed E-state index contributed by atoms with van der Waals surface area (Å²) in [5, 5.41) is 15.6. The molecule has 214 valence electrons. The Morgan fingerprint density at radius 1 is 1.10 bits per heavy atom. The Kier molecular flexibility index (Phi) is 7.58. The molecule has 0 spiro atoms. The zero-order valence-corrected chi connectivity index (χ0v) is 23.0. The molecule has 2 aliphatic rings. The lowest BCUT2D eigenvalue weighted by Crippen LogP contribution is -2.46. The van der Waals surface area contributed by atoms with Gasteiger partial charge in [0.25, 0.3) is 5.78 Å². The van der Waals surface area contributed by atoms with Crippen LogP contribution in [0.4, 0.5) is 13.2 Å². The van der Waals surface area contributed by atoms with Crippen molar-refractivity contribution in [2.75, 3.05) is 0 Å². The Balaban J connectivity index is 1.40. The number of aliphatic hydroxyl groups is 1. The summed E-state index contributed by atoms with van der Waals surface area (Å²) in [6, 6.07) is 5.19. The maximum atomic E-state index is 13.4. The number of nitrogens with zero attached hydrogens (tertiary/aromatic N) is 5. The molecule has 1 aliphatic carbocycles. The average Bonchev–Trinajstić information content (AvgIpc) is 3.55. The number of esters is 1. The maximum Gasteiger partial charge on any atom is 0.394 e. The fourth-order valence-corrected chi connectivity index (χ4v) is 6.12. The zero-order chi connectivity index (χ0) is 28.7. The smallest absolute Gasteiger partial charge is 0.394 e. The molecule has 8 nitrogen and oxygen atoms in total. The lowest BCUT2D eigenvalue weighted by atomic mass is 9.76. The van der Waals surface area contributed by atoms with Crippen molar-refractivity contribution in [3.05, 3.63) is 63.7 Å². The van der Waals surface area contributed by atoms with Gasteiger partial charge in [0.15, 0.2) is 5.82 Å². The van der Waals surface area contributed by atoms with E-state index in [1.165, 1.54) is 6.07 Å². The number of hydrogen-bond donors (Lipinski definition) is 1. The van der Waals surface area contributed by atoms with Gasteiger partial charge >= 0.3 is 12.1 Å². The molecule has 1 aliphatic heterocycles. The molecule has 5 rings (SSSR count). The van der Waals surface area contributed by atoms with Gasteiger partial charge in [0.1, 0.15) is 11.4 Å². The average molecular weight is 558 g/mol. The van der Waals surface area contributed by atoms with Crippen LogP contribution in [-0.2, 0) is 35.2 Å². The highest BCUT2D eigenvalue weighted by atomic mass is 19.4. The van der Waals surface area contributed by atoms with E-state index in [1.807, 2.05) is 32.9 Å². The molecule has 40 heavy (non-hydrogen) atoms. The Labute approximate surface area is 230 Å². The quantitative estimate of drug-likeness (QED) is 0.356. The lowest BCUT2D eigenvalue weighted by molar-refractivity contribution is -0.167. The van der Waals surface area contributed by atoms with Crippen molar-refractivity contribution in [3.8, 4) is 0 Å². The summed E-state index contributed by atoms with van der Waals surface area (Å²) in [5.41, 5.74) is 2.16. The first-order chi connectivity index (χ1) is 18.9. The highest BCUT2D eigenvalue weighted by molar-refractivity contribution is 5.90. The third kappa shape index (κ3) is 5.97. The Bertz CT molecular complexity index is 1460. The van der Waals surface area contributed by atoms with Crippen molar-refractivity contribution in [3.63, 3.8) is 0 Å². The van der Waals surface area contributed by atoms with Crippen molar-refractivity contribution in [1.29, 1.82) is 0 Å². The highest BCUT2D eigenvalue weighted by Crippen LogP contribution is 2.46. The minimum absolute atomic E-state index is 0.0118. The zero-order valence-electron chi connectivity index (χ0n) is 23.0. The van der Waals surface area contributed by atoms with Gasteiger partial charge in [-0.05, 0) is 75.6 Å². The molecule has 11 heteroatoms. The number of aliphatic hydroxyl groups excluding tert-OH is 1. The number of aryl methyl sites for hydroxylation is 4. The van der Waals surface area contributed by atoms with E-state index in [9.17, 15) is 23.1 Å². The summed E-state index contributed by atoms with van der Waals surface area (Å²) in [6.45, 7) is 5.61. The molecule has 0 saturated heterocycles. The van der Waals surface area contributed by atoms with Crippen molar-refractivity contribution < 1.29 is 27.8 Å². The number of alkyl halides is 3. The Morgan fingerprint density at radius 2 is 1.82 bits per heavy atom. The second-order valence-corrected chi connectivity index (χ2v) is 11.1. The topological polar surface area (TPSA) is 102 Å². The molecule has 4 heterocycles. The van der Waals surface area contributed by atoms with Gasteiger partial charge in [0.2, 0.25) is 0 Å². The fourth-order valence-electron chi connectivity index (χ4n) is 6.12. The second kappa shape index (κ2) is 10.8. The minimum atomic E-state index is -4.35. The molecule has 1 atom stereocenters. The fraction of sp³-hybridized carbons (Fsp3) is 0.552. The van der Waals surface area contributed by atoms with E-state index in [1.54, 1.807) is 4.52 Å². The van der Waals surface area contributed by atoms with Gasteiger partial charge in [0.05, 0.1) is 12.0 Å². The van der Waals surface area contributed by atoms with Crippen LogP contribution in [0.25, 0.3) is 5.78 Å². The van der Waals surface area contributed by atoms with E-state index < -0.39 is 24.2 Å². The monoisotopic (exact) mass is 557 g/mol. The first-order valence-corrected chi connectivity index (χ1v) is 13.8. The number of pyridine rings is 1. The SMILES string of the molecule is CCc1cc(CCC2(C3CCCC3)CC(O)=C(Cc3nc4nc(C)cc(C)n4n3)C(=O)O2)cc(CC(F)(F)F)n1. The molecule has 1 fully saturated rings. The summed E-state index contributed by atoms with van der Waals surface area (Å²) in [6.07, 6.45) is -0.214. The van der Waals surface area contributed by atoms with Crippen molar-refractivity contribution in [1.82, 2.24) is 24.6 Å². The number of ether oxygens (including phenoxy) is 1. The van der Waals surface area contributed by atoms with Crippen LogP contribution >= 0.6 is 0 Å². The molecule has 1 unspecified atom stereocenters. The summed E-state index contributed by atoms with van der Waals surface area (Å²) in [4.78, 5) is 26.4. The van der Waals surface area contributed by atoms with Crippen molar-refractivity contribution in [2.45, 2.75) is 96.8 Å². The van der Waals surface area contributed by atoms with Crippen molar-refractivity contribution >= 4 is 11.7 Å². The van der Waals surface area contributed by atoms with Gasteiger partial charge in [-0.15, -0.1) is 5.10 Å². The standard InChI is InChI=1S/C29H34F3N5O3/c1-4-21-12-19(13-22(34-21)15-29(30,31)32)9-10-28(20-7-5-6-8-20)16-24(38)23(26(39)40-28)14-25-35-27-33-17(2)11-18(3)37(27)36-25/h11-13,20,38H,4-10,14-16H2,1-3H3. The predicted octanol–water partition coefficient (Wildman–Crippen LogP) is 5.67. The maximum absolute atomic E-state index is 13.4. The van der Waals surface area contributed by atoms with Crippen LogP contribution in [0, 0.1) is 19.8 Å². The van der Waals surface area contributed by atoms with Crippen LogP contribution in [0.5, 0.6) is 0 Å². The number of rotatable bonds is 8. The van der Waals surface area contributed by atoms with E-state index in [-0.39, 0.29) is 35.8 Å². The van der Waals surface area contributed by atoms with Crippen LogP contribution in [0.3, 0.4) is 0 Å². The highest BCUT2D eigenvalue weighted by Gasteiger charge is 2.48. The van der Waals surface area contributed by atoms with E-state index in [2.05, 4.69) is 20.1 Å². The van der Waals surface area contributed by atoms with Crippen LogP contribution in [0.15, 0.2) is 29.5 Å². The minimum Gasteiger partial charge on any atom is -0.512 e. The van der Waals surface area contributed by atoms with Gasteiger partial charge in [-0.25, -0.2) is 14.3 Å². The number of carbonyl (C=O) groups is 1. The third-order valence-electron chi connectivity index (χ3n) is 8.03. The Hall–Kier alpha value is -3.50. The molecular weight excluding hydrogens is 523 g/mol. The first-order valence-electron chi connectivity index (χ1n) is 13.8. The number of halogens is 3. The molecular formula is C29H34F3N5O3. The number of hydrogen-bond acceptors (Lipinski definition) is 7. The van der Waals surface area contributed by atoms with Crippen LogP contribution in [0.2, 0.25) is 0 Å². The summed E-state index contributed by atoms with van der Waals surface area (Å²) in [5.74, 6) is 0.201.